The Morgan fingerprint density at radius 1 is 1.58 bits per heavy atom. The van der Waals surface area contributed by atoms with Crippen LogP contribution in [0.4, 0.5) is 0 Å². The Kier molecular flexibility index (Phi) is 3.42. The molecule has 0 aromatic heterocycles. The smallest absolute Gasteiger partial charge is 0.0584 e. The first-order valence-electron chi connectivity index (χ1n) is 4.71. The molecular formula is C10H19ClO. The topological polar surface area (TPSA) is 9.23 Å². The van der Waals surface area contributed by atoms with E-state index in [9.17, 15) is 0 Å². The third-order valence-corrected chi connectivity index (χ3v) is 2.95. The highest BCUT2D eigenvalue weighted by Crippen LogP contribution is 2.34. The van der Waals surface area contributed by atoms with Gasteiger partial charge >= 0.3 is 0 Å². The molecule has 0 spiro atoms. The molecule has 0 bridgehead atoms. The van der Waals surface area contributed by atoms with E-state index in [0.29, 0.717) is 17.4 Å². The lowest BCUT2D eigenvalue weighted by Crippen LogP contribution is -2.13. The molecule has 1 aliphatic heterocycles. The van der Waals surface area contributed by atoms with Gasteiger partial charge in [-0.25, -0.2) is 0 Å². The highest BCUT2D eigenvalue weighted by atomic mass is 35.5. The highest BCUT2D eigenvalue weighted by molar-refractivity contribution is 6.18. The van der Waals surface area contributed by atoms with Crippen molar-refractivity contribution in [1.29, 1.82) is 0 Å². The predicted molar refractivity (Wildman–Crippen MR) is 52.6 cm³/mol. The minimum absolute atomic E-state index is 0.386. The molecule has 0 radical (unpaired) electrons. The second-order valence-electron chi connectivity index (χ2n) is 4.80. The van der Waals surface area contributed by atoms with Crippen LogP contribution >= 0.6 is 11.6 Å². The number of ether oxygens (including phenoxy) is 1. The van der Waals surface area contributed by atoms with Crippen molar-refractivity contribution in [3.8, 4) is 0 Å². The zero-order chi connectivity index (χ0) is 9.19. The quantitative estimate of drug-likeness (QED) is 0.622. The molecule has 1 nitrogen and oxygen atoms in total. The van der Waals surface area contributed by atoms with Crippen molar-refractivity contribution in [3.63, 3.8) is 0 Å². The lowest BCUT2D eigenvalue weighted by atomic mass is 9.88. The van der Waals surface area contributed by atoms with Crippen molar-refractivity contribution in [2.75, 3.05) is 12.5 Å². The zero-order valence-electron chi connectivity index (χ0n) is 8.27. The molecule has 0 aromatic rings. The predicted octanol–water partition coefficient (Wildman–Crippen LogP) is 3.07. The van der Waals surface area contributed by atoms with E-state index in [-0.39, 0.29) is 0 Å². The van der Waals surface area contributed by atoms with Crippen LogP contribution in [0.15, 0.2) is 0 Å². The molecule has 2 unspecified atom stereocenters. The van der Waals surface area contributed by atoms with E-state index in [2.05, 4.69) is 20.8 Å². The average molecular weight is 191 g/mol. The SMILES string of the molecule is CC(CCl)CC1CC(C)(C)CO1. The summed E-state index contributed by atoms with van der Waals surface area (Å²) in [6, 6.07) is 0. The Bertz CT molecular complexity index is 145. The minimum Gasteiger partial charge on any atom is -0.378 e. The van der Waals surface area contributed by atoms with Crippen molar-refractivity contribution in [2.45, 2.75) is 39.7 Å². The first-order chi connectivity index (χ1) is 5.53. The molecular weight excluding hydrogens is 172 g/mol. The third kappa shape index (κ3) is 2.95. The van der Waals surface area contributed by atoms with Gasteiger partial charge in [-0.3, -0.25) is 0 Å². The van der Waals surface area contributed by atoms with Gasteiger partial charge in [0.1, 0.15) is 0 Å². The lowest BCUT2D eigenvalue weighted by Gasteiger charge is -2.15. The number of halogens is 1. The lowest BCUT2D eigenvalue weighted by molar-refractivity contribution is 0.0855. The van der Waals surface area contributed by atoms with E-state index in [1.807, 2.05) is 0 Å². The zero-order valence-corrected chi connectivity index (χ0v) is 9.03. The fourth-order valence-corrected chi connectivity index (χ4v) is 1.87. The monoisotopic (exact) mass is 190 g/mol. The summed E-state index contributed by atoms with van der Waals surface area (Å²) in [5.41, 5.74) is 0.386. The molecule has 72 valence electrons. The van der Waals surface area contributed by atoms with E-state index in [1.54, 1.807) is 0 Å². The molecule has 1 saturated heterocycles. The highest BCUT2D eigenvalue weighted by Gasteiger charge is 2.32. The van der Waals surface area contributed by atoms with Gasteiger partial charge in [-0.15, -0.1) is 11.6 Å². The number of hydrogen-bond donors (Lipinski definition) is 0. The Labute approximate surface area is 80.4 Å². The summed E-state index contributed by atoms with van der Waals surface area (Å²) in [6.45, 7) is 7.62. The van der Waals surface area contributed by atoms with Gasteiger partial charge in [0.2, 0.25) is 0 Å². The van der Waals surface area contributed by atoms with E-state index in [1.165, 1.54) is 6.42 Å². The van der Waals surface area contributed by atoms with Crippen LogP contribution in [0.1, 0.15) is 33.6 Å². The molecule has 0 amide bonds. The van der Waals surface area contributed by atoms with Gasteiger partial charge in [0.25, 0.3) is 0 Å². The van der Waals surface area contributed by atoms with E-state index in [0.717, 1.165) is 18.9 Å². The van der Waals surface area contributed by atoms with Crippen LogP contribution in [0, 0.1) is 11.3 Å². The van der Waals surface area contributed by atoms with Crippen molar-refractivity contribution >= 4 is 11.6 Å². The summed E-state index contributed by atoms with van der Waals surface area (Å²) >= 11 is 5.75. The Morgan fingerprint density at radius 2 is 2.25 bits per heavy atom. The summed E-state index contributed by atoms with van der Waals surface area (Å²) in [5.74, 6) is 1.34. The minimum atomic E-state index is 0.386. The van der Waals surface area contributed by atoms with Gasteiger partial charge in [0.15, 0.2) is 0 Å². The molecule has 1 heterocycles. The van der Waals surface area contributed by atoms with Gasteiger partial charge in [-0.05, 0) is 24.2 Å². The second-order valence-corrected chi connectivity index (χ2v) is 5.11. The first kappa shape index (κ1) is 10.3. The molecule has 12 heavy (non-hydrogen) atoms. The van der Waals surface area contributed by atoms with E-state index in [4.69, 9.17) is 16.3 Å². The maximum absolute atomic E-state index is 5.75. The van der Waals surface area contributed by atoms with Crippen molar-refractivity contribution < 1.29 is 4.74 Å². The fraction of sp³-hybridized carbons (Fsp3) is 1.00. The molecule has 2 atom stereocenters. The summed E-state index contributed by atoms with van der Waals surface area (Å²) < 4.78 is 5.68. The largest absolute Gasteiger partial charge is 0.378 e. The van der Waals surface area contributed by atoms with Crippen LogP contribution in [-0.2, 0) is 4.74 Å². The Balaban J connectivity index is 2.28. The van der Waals surface area contributed by atoms with Gasteiger partial charge < -0.3 is 4.74 Å². The number of alkyl halides is 1. The molecule has 0 saturated carbocycles. The normalized spacial score (nSPS) is 30.5. The number of rotatable bonds is 3. The Hall–Kier alpha value is 0.250. The van der Waals surface area contributed by atoms with Crippen LogP contribution < -0.4 is 0 Å². The summed E-state index contributed by atoms with van der Waals surface area (Å²) in [7, 11) is 0. The second kappa shape index (κ2) is 3.97. The van der Waals surface area contributed by atoms with Gasteiger partial charge in [0.05, 0.1) is 12.7 Å². The van der Waals surface area contributed by atoms with Crippen molar-refractivity contribution in [1.82, 2.24) is 0 Å². The summed E-state index contributed by atoms with van der Waals surface area (Å²) in [5, 5.41) is 0. The van der Waals surface area contributed by atoms with E-state index < -0.39 is 0 Å². The van der Waals surface area contributed by atoms with Crippen LogP contribution in [-0.4, -0.2) is 18.6 Å². The maximum atomic E-state index is 5.75. The average Bonchev–Trinajstić information content (AvgIpc) is 2.30. The standard InChI is InChI=1S/C10H19ClO/c1-8(6-11)4-9-5-10(2,3)7-12-9/h8-9H,4-7H2,1-3H3. The third-order valence-electron chi connectivity index (χ3n) is 2.42. The fourth-order valence-electron chi connectivity index (χ4n) is 1.74. The molecule has 2 heteroatoms. The molecule has 0 aliphatic carbocycles. The summed E-state index contributed by atoms with van der Waals surface area (Å²) in [6.07, 6.45) is 2.76. The van der Waals surface area contributed by atoms with Crippen LogP contribution in [0.5, 0.6) is 0 Å². The van der Waals surface area contributed by atoms with Crippen LogP contribution in [0.2, 0.25) is 0 Å². The molecule has 1 fully saturated rings. The van der Waals surface area contributed by atoms with Crippen molar-refractivity contribution in [2.24, 2.45) is 11.3 Å². The first-order valence-corrected chi connectivity index (χ1v) is 5.24. The molecule has 1 aliphatic rings. The van der Waals surface area contributed by atoms with Gasteiger partial charge in [0, 0.05) is 5.88 Å². The van der Waals surface area contributed by atoms with E-state index >= 15 is 0 Å². The molecule has 0 aromatic carbocycles. The Morgan fingerprint density at radius 3 is 2.67 bits per heavy atom. The summed E-state index contributed by atoms with van der Waals surface area (Å²) in [4.78, 5) is 0. The molecule has 0 N–H and O–H groups in total. The van der Waals surface area contributed by atoms with Crippen LogP contribution in [0.3, 0.4) is 0 Å². The van der Waals surface area contributed by atoms with Crippen LogP contribution in [0.25, 0.3) is 0 Å². The molecule has 1 rings (SSSR count). The van der Waals surface area contributed by atoms with Gasteiger partial charge in [-0.2, -0.15) is 0 Å². The van der Waals surface area contributed by atoms with Gasteiger partial charge in [-0.1, -0.05) is 20.8 Å². The number of hydrogen-bond acceptors (Lipinski definition) is 1. The van der Waals surface area contributed by atoms with Crippen molar-refractivity contribution in [3.05, 3.63) is 0 Å². The maximum Gasteiger partial charge on any atom is 0.0584 e.